The van der Waals surface area contributed by atoms with E-state index in [1.54, 1.807) is 0 Å². The Kier molecular flexibility index (Phi) is 18.1. The molecule has 0 aliphatic heterocycles. The minimum absolute atomic E-state index is 0.224. The Hall–Kier alpha value is -1.02. The molecular formula is C23H44O7. The number of hydrogen-bond acceptors (Lipinski definition) is 7. The van der Waals surface area contributed by atoms with Crippen LogP contribution in [0.3, 0.4) is 0 Å². The number of esters is 1. The van der Waals surface area contributed by atoms with Gasteiger partial charge < -0.3 is 25.2 Å². The Morgan fingerprint density at radius 1 is 0.800 bits per heavy atom. The van der Waals surface area contributed by atoms with Crippen molar-refractivity contribution in [2.45, 2.75) is 116 Å². The molecule has 178 valence electrons. The number of carbonyl (C=O) groups excluding carboxylic acids is 2. The minimum Gasteiger partial charge on any atom is -0.458 e. The maximum atomic E-state index is 12.2. The molecular weight excluding hydrogens is 388 g/mol. The van der Waals surface area contributed by atoms with Crippen LogP contribution < -0.4 is 0 Å². The summed E-state index contributed by atoms with van der Waals surface area (Å²) in [7, 11) is 0. The first-order valence-electron chi connectivity index (χ1n) is 11.7. The zero-order valence-corrected chi connectivity index (χ0v) is 18.9. The highest BCUT2D eigenvalue weighted by atomic mass is 16.5. The summed E-state index contributed by atoms with van der Waals surface area (Å²) in [4.78, 5) is 24.1. The summed E-state index contributed by atoms with van der Waals surface area (Å²) < 4.78 is 5.00. The lowest BCUT2D eigenvalue weighted by atomic mass is 9.91. The van der Waals surface area contributed by atoms with E-state index in [1.807, 2.05) is 0 Å². The van der Waals surface area contributed by atoms with E-state index in [2.05, 4.69) is 13.8 Å². The zero-order chi connectivity index (χ0) is 22.8. The van der Waals surface area contributed by atoms with Crippen LogP contribution in [0.25, 0.3) is 0 Å². The Morgan fingerprint density at radius 3 is 1.83 bits per heavy atom. The van der Waals surface area contributed by atoms with Crippen LogP contribution in [0.4, 0.5) is 0 Å². The lowest BCUT2D eigenvalue weighted by Crippen LogP contribution is -2.45. The third kappa shape index (κ3) is 14.1. The average Bonchev–Trinajstić information content (AvgIpc) is 2.75. The fourth-order valence-corrected chi connectivity index (χ4v) is 3.46. The molecule has 0 radical (unpaired) electrons. The van der Waals surface area contributed by atoms with Crippen molar-refractivity contribution in [2.24, 2.45) is 5.92 Å². The van der Waals surface area contributed by atoms with Crippen LogP contribution in [0.2, 0.25) is 0 Å². The molecule has 0 aromatic rings. The van der Waals surface area contributed by atoms with Crippen LogP contribution in [-0.4, -0.2) is 63.7 Å². The number of rotatable bonds is 20. The van der Waals surface area contributed by atoms with Crippen molar-refractivity contribution < 1.29 is 34.8 Å². The molecule has 1 unspecified atom stereocenters. The van der Waals surface area contributed by atoms with Crippen LogP contribution in [0.15, 0.2) is 0 Å². The highest BCUT2D eigenvalue weighted by Crippen LogP contribution is 2.22. The van der Waals surface area contributed by atoms with Crippen molar-refractivity contribution in [3.05, 3.63) is 0 Å². The summed E-state index contributed by atoms with van der Waals surface area (Å²) in [5, 5.41) is 37.3. The first kappa shape index (κ1) is 29.0. The van der Waals surface area contributed by atoms with Gasteiger partial charge in [0.2, 0.25) is 5.78 Å². The van der Waals surface area contributed by atoms with E-state index < -0.39 is 43.3 Å². The summed E-state index contributed by atoms with van der Waals surface area (Å²) in [6.07, 6.45) is 8.56. The molecule has 0 fully saturated rings. The lowest BCUT2D eigenvalue weighted by molar-refractivity contribution is -0.155. The summed E-state index contributed by atoms with van der Waals surface area (Å²) >= 11 is 0. The fraction of sp³-hybridized carbons (Fsp3) is 0.913. The highest BCUT2D eigenvalue weighted by molar-refractivity contribution is 5.86. The Labute approximate surface area is 181 Å². The van der Waals surface area contributed by atoms with Crippen molar-refractivity contribution in [1.29, 1.82) is 0 Å². The molecule has 7 heteroatoms. The number of Topliss-reactive ketones (excluding diaryl/α,β-unsaturated/α-hetero) is 1. The molecule has 0 aliphatic carbocycles. The van der Waals surface area contributed by atoms with E-state index >= 15 is 0 Å². The van der Waals surface area contributed by atoms with Gasteiger partial charge in [-0.2, -0.15) is 0 Å². The largest absolute Gasteiger partial charge is 0.458 e. The molecule has 0 aromatic carbocycles. The topological polar surface area (TPSA) is 124 Å². The summed E-state index contributed by atoms with van der Waals surface area (Å²) in [5.41, 5.74) is 0. The van der Waals surface area contributed by atoms with Gasteiger partial charge in [0.15, 0.2) is 6.61 Å². The molecule has 0 aromatic heterocycles. The zero-order valence-electron chi connectivity index (χ0n) is 18.9. The van der Waals surface area contributed by atoms with Crippen molar-refractivity contribution >= 4 is 11.8 Å². The van der Waals surface area contributed by atoms with Crippen molar-refractivity contribution in [1.82, 2.24) is 0 Å². The summed E-state index contributed by atoms with van der Waals surface area (Å²) in [6.45, 7) is 2.91. The molecule has 0 heterocycles. The lowest BCUT2D eigenvalue weighted by Gasteiger charge is -2.20. The standard InChI is InChI=1S/C23H44O7/c1-3-5-7-9-10-12-14-18(13-11-8-6-4-2)15-21(27)30-17-20(26)23(29)22(28)19(25)16-24/h18-19,22-25,28-29H,3-17H2,1-2H3/t18?,19-,22-,23-/m1/s1. The van der Waals surface area contributed by atoms with E-state index in [1.165, 1.54) is 32.1 Å². The van der Waals surface area contributed by atoms with Crippen LogP contribution >= 0.6 is 0 Å². The van der Waals surface area contributed by atoms with Gasteiger partial charge in [0.25, 0.3) is 0 Å². The molecule has 0 saturated heterocycles. The quantitative estimate of drug-likeness (QED) is 0.172. The second kappa shape index (κ2) is 18.7. The average molecular weight is 433 g/mol. The van der Waals surface area contributed by atoms with Gasteiger partial charge in [-0.15, -0.1) is 0 Å². The predicted octanol–water partition coefficient (Wildman–Crippen LogP) is 2.90. The van der Waals surface area contributed by atoms with E-state index in [0.717, 1.165) is 44.9 Å². The third-order valence-corrected chi connectivity index (χ3v) is 5.50. The predicted molar refractivity (Wildman–Crippen MR) is 116 cm³/mol. The number of unbranched alkanes of at least 4 members (excludes halogenated alkanes) is 8. The van der Waals surface area contributed by atoms with Crippen molar-refractivity contribution in [3.8, 4) is 0 Å². The van der Waals surface area contributed by atoms with E-state index in [0.29, 0.717) is 0 Å². The van der Waals surface area contributed by atoms with E-state index in [9.17, 15) is 24.9 Å². The smallest absolute Gasteiger partial charge is 0.306 e. The van der Waals surface area contributed by atoms with Gasteiger partial charge in [-0.05, 0) is 18.8 Å². The van der Waals surface area contributed by atoms with Crippen LogP contribution in [-0.2, 0) is 14.3 Å². The second-order valence-electron chi connectivity index (χ2n) is 8.29. The summed E-state index contributed by atoms with van der Waals surface area (Å²) in [5.74, 6) is -1.17. The molecule has 7 nitrogen and oxygen atoms in total. The number of hydrogen-bond donors (Lipinski definition) is 4. The first-order chi connectivity index (χ1) is 14.4. The van der Waals surface area contributed by atoms with Crippen molar-refractivity contribution in [2.75, 3.05) is 13.2 Å². The molecule has 0 spiro atoms. The van der Waals surface area contributed by atoms with E-state index in [-0.39, 0.29) is 12.3 Å². The van der Waals surface area contributed by atoms with Crippen LogP contribution in [0, 0.1) is 5.92 Å². The second-order valence-corrected chi connectivity index (χ2v) is 8.29. The van der Waals surface area contributed by atoms with Gasteiger partial charge in [0.1, 0.15) is 18.3 Å². The fourth-order valence-electron chi connectivity index (χ4n) is 3.46. The Balaban J connectivity index is 4.39. The van der Waals surface area contributed by atoms with Gasteiger partial charge in [0.05, 0.1) is 6.61 Å². The number of ether oxygens (including phenoxy) is 1. The normalized spacial score (nSPS) is 15.4. The molecule has 0 bridgehead atoms. The number of ketones is 1. The third-order valence-electron chi connectivity index (χ3n) is 5.50. The van der Waals surface area contributed by atoms with E-state index in [4.69, 9.17) is 9.84 Å². The molecule has 0 rings (SSSR count). The maximum absolute atomic E-state index is 12.2. The van der Waals surface area contributed by atoms with Crippen LogP contribution in [0.1, 0.15) is 97.3 Å². The first-order valence-corrected chi connectivity index (χ1v) is 11.7. The van der Waals surface area contributed by atoms with Gasteiger partial charge in [0, 0.05) is 6.42 Å². The molecule has 0 amide bonds. The van der Waals surface area contributed by atoms with Gasteiger partial charge in [-0.1, -0.05) is 78.1 Å². The van der Waals surface area contributed by atoms with Crippen LogP contribution in [0.5, 0.6) is 0 Å². The SMILES string of the molecule is CCCCCCCCC(CCCCCC)CC(=O)OCC(=O)[C@@H](O)[C@H](O)[C@H](O)CO. The number of carbonyl (C=O) groups is 2. The maximum Gasteiger partial charge on any atom is 0.306 e. The van der Waals surface area contributed by atoms with Gasteiger partial charge in [-0.25, -0.2) is 0 Å². The molecule has 0 saturated carbocycles. The highest BCUT2D eigenvalue weighted by Gasteiger charge is 2.30. The van der Waals surface area contributed by atoms with Crippen molar-refractivity contribution in [3.63, 3.8) is 0 Å². The molecule has 0 aliphatic rings. The van der Waals surface area contributed by atoms with Gasteiger partial charge in [-0.3, -0.25) is 9.59 Å². The minimum atomic E-state index is -1.91. The molecule has 30 heavy (non-hydrogen) atoms. The molecule has 4 N–H and O–H groups in total. The Morgan fingerprint density at radius 2 is 1.30 bits per heavy atom. The number of aliphatic hydroxyl groups excluding tert-OH is 4. The molecule has 4 atom stereocenters. The Bertz CT molecular complexity index is 441. The van der Waals surface area contributed by atoms with Gasteiger partial charge >= 0.3 is 5.97 Å². The number of aliphatic hydroxyl groups is 4. The summed E-state index contributed by atoms with van der Waals surface area (Å²) in [6, 6.07) is 0. The monoisotopic (exact) mass is 432 g/mol.